The molecule has 2 amide bonds. The number of anilines is 1. The molecule has 8 heteroatoms. The van der Waals surface area contributed by atoms with Crippen molar-refractivity contribution in [1.29, 1.82) is 0 Å². The molecule has 0 saturated carbocycles. The molecule has 3 rings (SSSR count). The number of carbonyl (C=O) groups is 1. The second-order valence-corrected chi connectivity index (χ2v) is 9.37. The molecule has 0 bridgehead atoms. The van der Waals surface area contributed by atoms with Crippen LogP contribution in [-0.4, -0.2) is 25.4 Å². The highest BCUT2D eigenvalue weighted by molar-refractivity contribution is 7.87. The van der Waals surface area contributed by atoms with Gasteiger partial charge < -0.3 is 14.4 Å². The summed E-state index contributed by atoms with van der Waals surface area (Å²) in [6, 6.07) is 18.2. The van der Waals surface area contributed by atoms with Crippen molar-refractivity contribution in [3.05, 3.63) is 89.7 Å². The summed E-state index contributed by atoms with van der Waals surface area (Å²) < 4.78 is 43.4. The summed E-state index contributed by atoms with van der Waals surface area (Å²) in [5.41, 5.74) is 2.45. The van der Waals surface area contributed by atoms with Gasteiger partial charge in [-0.15, -0.1) is 0 Å². The summed E-state index contributed by atoms with van der Waals surface area (Å²) in [6.45, 7) is 6.16. The van der Waals surface area contributed by atoms with E-state index in [4.69, 9.17) is 4.18 Å². The van der Waals surface area contributed by atoms with Crippen LogP contribution in [0.3, 0.4) is 0 Å². The third-order valence-electron chi connectivity index (χ3n) is 5.21. The van der Waals surface area contributed by atoms with Crippen LogP contribution in [0.4, 0.5) is 14.9 Å². The van der Waals surface area contributed by atoms with Crippen molar-refractivity contribution in [2.45, 2.75) is 44.7 Å². The Hall–Kier alpha value is -3.39. The molecule has 1 N–H and O–H groups in total. The van der Waals surface area contributed by atoms with Crippen LogP contribution in [0, 0.1) is 12.7 Å². The third kappa shape index (κ3) is 6.55. The SMILES string of the molecule is CCC(C)N(Cc1cccc(OS(=O)(=O)c2ccc(F)cc2)c1)C(=O)Nc1cccc(C)c1. The van der Waals surface area contributed by atoms with E-state index in [1.807, 2.05) is 45.0 Å². The number of nitrogens with zero attached hydrogens (tertiary/aromatic N) is 1. The number of hydrogen-bond donors (Lipinski definition) is 1. The van der Waals surface area contributed by atoms with Crippen molar-refractivity contribution in [3.63, 3.8) is 0 Å². The van der Waals surface area contributed by atoms with Crippen molar-refractivity contribution in [2.24, 2.45) is 0 Å². The van der Waals surface area contributed by atoms with E-state index in [9.17, 15) is 17.6 Å². The fraction of sp³-hybridized carbons (Fsp3) is 0.240. The Morgan fingerprint density at radius 2 is 1.76 bits per heavy atom. The first kappa shape index (κ1) is 24.3. The maximum atomic E-state index is 13.1. The number of amides is 2. The van der Waals surface area contributed by atoms with E-state index >= 15 is 0 Å². The summed E-state index contributed by atoms with van der Waals surface area (Å²) in [5.74, 6) is -0.426. The maximum Gasteiger partial charge on any atom is 0.339 e. The van der Waals surface area contributed by atoms with Crippen molar-refractivity contribution in [2.75, 3.05) is 5.32 Å². The molecule has 0 saturated heterocycles. The molecule has 0 aliphatic carbocycles. The van der Waals surface area contributed by atoms with E-state index in [2.05, 4.69) is 5.32 Å². The van der Waals surface area contributed by atoms with Crippen molar-refractivity contribution >= 4 is 21.8 Å². The fourth-order valence-corrected chi connectivity index (χ4v) is 4.16. The summed E-state index contributed by atoms with van der Waals surface area (Å²) in [5, 5.41) is 2.93. The molecule has 174 valence electrons. The Bertz CT molecular complexity index is 1210. The number of rotatable bonds is 8. The third-order valence-corrected chi connectivity index (χ3v) is 6.47. The first-order chi connectivity index (χ1) is 15.7. The van der Waals surface area contributed by atoms with Gasteiger partial charge in [0.15, 0.2) is 0 Å². The lowest BCUT2D eigenvalue weighted by Gasteiger charge is -2.29. The predicted octanol–water partition coefficient (Wildman–Crippen LogP) is 5.73. The summed E-state index contributed by atoms with van der Waals surface area (Å²) >= 11 is 0. The van der Waals surface area contributed by atoms with E-state index < -0.39 is 15.9 Å². The highest BCUT2D eigenvalue weighted by atomic mass is 32.2. The van der Waals surface area contributed by atoms with Crippen LogP contribution < -0.4 is 9.50 Å². The lowest BCUT2D eigenvalue weighted by atomic mass is 10.1. The zero-order valence-corrected chi connectivity index (χ0v) is 19.6. The molecule has 1 unspecified atom stereocenters. The van der Waals surface area contributed by atoms with E-state index in [0.29, 0.717) is 11.3 Å². The molecule has 0 aliphatic heterocycles. The van der Waals surface area contributed by atoms with Crippen molar-refractivity contribution in [3.8, 4) is 5.75 Å². The second kappa shape index (κ2) is 10.5. The Morgan fingerprint density at radius 1 is 1.06 bits per heavy atom. The zero-order valence-electron chi connectivity index (χ0n) is 18.8. The molecule has 0 fully saturated rings. The van der Waals surface area contributed by atoms with Gasteiger partial charge in [-0.2, -0.15) is 8.42 Å². The van der Waals surface area contributed by atoms with Gasteiger partial charge in [-0.1, -0.05) is 31.2 Å². The van der Waals surface area contributed by atoms with Gasteiger partial charge in [-0.05, 0) is 79.9 Å². The monoisotopic (exact) mass is 470 g/mol. The van der Waals surface area contributed by atoms with Gasteiger partial charge in [0.2, 0.25) is 0 Å². The van der Waals surface area contributed by atoms with Gasteiger partial charge in [0.25, 0.3) is 0 Å². The molecule has 0 aliphatic rings. The molecular formula is C25H27FN2O4S. The first-order valence-electron chi connectivity index (χ1n) is 10.6. The van der Waals surface area contributed by atoms with Gasteiger partial charge in [0, 0.05) is 18.3 Å². The van der Waals surface area contributed by atoms with E-state index in [1.54, 1.807) is 23.1 Å². The quantitative estimate of drug-likeness (QED) is 0.426. The highest BCUT2D eigenvalue weighted by Crippen LogP contribution is 2.22. The Kier molecular flexibility index (Phi) is 7.71. The van der Waals surface area contributed by atoms with Gasteiger partial charge >= 0.3 is 16.1 Å². The summed E-state index contributed by atoms with van der Waals surface area (Å²) in [4.78, 5) is 14.6. The summed E-state index contributed by atoms with van der Waals surface area (Å²) in [6.07, 6.45) is 0.746. The number of nitrogens with one attached hydrogen (secondary N) is 1. The lowest BCUT2D eigenvalue weighted by molar-refractivity contribution is 0.187. The normalized spacial score (nSPS) is 12.1. The molecular weight excluding hydrogens is 443 g/mol. The van der Waals surface area contributed by atoms with Crippen molar-refractivity contribution in [1.82, 2.24) is 4.90 Å². The second-order valence-electron chi connectivity index (χ2n) is 7.82. The molecule has 0 spiro atoms. The molecule has 6 nitrogen and oxygen atoms in total. The number of carbonyl (C=O) groups excluding carboxylic acids is 1. The van der Waals surface area contributed by atoms with E-state index in [1.165, 1.54) is 6.07 Å². The smallest absolute Gasteiger partial charge is 0.339 e. The van der Waals surface area contributed by atoms with Crippen LogP contribution in [0.25, 0.3) is 0 Å². The van der Waals surface area contributed by atoms with Crippen LogP contribution in [-0.2, 0) is 16.7 Å². The molecule has 0 radical (unpaired) electrons. The molecule has 0 aromatic heterocycles. The fourth-order valence-electron chi connectivity index (χ4n) is 3.23. The lowest BCUT2D eigenvalue weighted by Crippen LogP contribution is -2.40. The van der Waals surface area contributed by atoms with Crippen LogP contribution in [0.15, 0.2) is 77.7 Å². The molecule has 1 atom stereocenters. The number of urea groups is 1. The zero-order chi connectivity index (χ0) is 24.0. The maximum absolute atomic E-state index is 13.1. The number of aryl methyl sites for hydroxylation is 1. The van der Waals surface area contributed by atoms with Crippen molar-refractivity contribution < 1.29 is 21.8 Å². The van der Waals surface area contributed by atoms with E-state index in [-0.39, 0.29) is 29.3 Å². The van der Waals surface area contributed by atoms with Crippen LogP contribution >= 0.6 is 0 Å². The van der Waals surface area contributed by atoms with Crippen LogP contribution in [0.1, 0.15) is 31.4 Å². The number of hydrogen-bond acceptors (Lipinski definition) is 4. The topological polar surface area (TPSA) is 75.7 Å². The number of benzene rings is 3. The minimum absolute atomic E-state index is 0.0534. The molecule has 0 heterocycles. The molecule has 3 aromatic rings. The van der Waals surface area contributed by atoms with Crippen LogP contribution in [0.5, 0.6) is 5.75 Å². The Labute approximate surface area is 194 Å². The van der Waals surface area contributed by atoms with E-state index in [0.717, 1.165) is 36.2 Å². The average molecular weight is 471 g/mol. The largest absolute Gasteiger partial charge is 0.379 e. The Balaban J connectivity index is 1.78. The standard InChI is InChI=1S/C25H27FN2O4S/c1-4-19(3)28(25(29)27-22-9-5-7-18(2)15-22)17-20-8-6-10-23(16-20)32-33(30,31)24-13-11-21(26)12-14-24/h5-16,19H,4,17H2,1-3H3,(H,27,29). The van der Waals surface area contributed by atoms with Gasteiger partial charge in [0.05, 0.1) is 0 Å². The van der Waals surface area contributed by atoms with Gasteiger partial charge in [-0.25, -0.2) is 9.18 Å². The Morgan fingerprint density at radius 3 is 2.42 bits per heavy atom. The minimum atomic E-state index is -4.12. The predicted molar refractivity (Wildman–Crippen MR) is 126 cm³/mol. The first-order valence-corrected chi connectivity index (χ1v) is 12.0. The minimum Gasteiger partial charge on any atom is -0.379 e. The average Bonchev–Trinajstić information content (AvgIpc) is 2.77. The van der Waals surface area contributed by atoms with Crippen LogP contribution in [0.2, 0.25) is 0 Å². The van der Waals surface area contributed by atoms with Gasteiger partial charge in [-0.3, -0.25) is 0 Å². The summed E-state index contributed by atoms with van der Waals surface area (Å²) in [7, 11) is -4.12. The molecule has 33 heavy (non-hydrogen) atoms. The molecule has 3 aromatic carbocycles. The highest BCUT2D eigenvalue weighted by Gasteiger charge is 2.21. The van der Waals surface area contributed by atoms with Gasteiger partial charge in [0.1, 0.15) is 16.5 Å². The number of halogens is 1.